The summed E-state index contributed by atoms with van der Waals surface area (Å²) in [5.41, 5.74) is 4.43. The number of halogens is 1. The molecule has 0 bridgehead atoms. The van der Waals surface area contributed by atoms with Crippen LogP contribution in [0.25, 0.3) is 0 Å². The minimum absolute atomic E-state index is 0.416. The summed E-state index contributed by atoms with van der Waals surface area (Å²) in [6.07, 6.45) is 0. The van der Waals surface area contributed by atoms with Crippen LogP contribution in [-0.2, 0) is 12.4 Å². The lowest BCUT2D eigenvalue weighted by atomic mass is 10.1. The van der Waals surface area contributed by atoms with Crippen molar-refractivity contribution < 1.29 is 0 Å². The van der Waals surface area contributed by atoms with Crippen molar-refractivity contribution in [2.45, 2.75) is 26.3 Å². The van der Waals surface area contributed by atoms with E-state index in [2.05, 4.69) is 29.4 Å². The van der Waals surface area contributed by atoms with E-state index in [1.54, 1.807) is 0 Å². The van der Waals surface area contributed by atoms with Gasteiger partial charge in [0.15, 0.2) is 0 Å². The van der Waals surface area contributed by atoms with Crippen LogP contribution < -0.4 is 0 Å². The molecule has 0 fully saturated rings. The lowest BCUT2D eigenvalue weighted by Crippen LogP contribution is -2.05. The van der Waals surface area contributed by atoms with Crippen LogP contribution in [0, 0.1) is 13.8 Å². The van der Waals surface area contributed by atoms with E-state index in [0.29, 0.717) is 5.88 Å². The van der Waals surface area contributed by atoms with Gasteiger partial charge in [0, 0.05) is 0 Å². The maximum Gasteiger partial charge on any atom is 0.100 e. The molecular weight excluding hydrogens is 222 g/mol. The van der Waals surface area contributed by atoms with Crippen molar-refractivity contribution in [2.75, 3.05) is 0 Å². The Labute approximate surface area is 100 Å². The summed E-state index contributed by atoms with van der Waals surface area (Å²) in [4.78, 5) is 0. The van der Waals surface area contributed by atoms with E-state index in [0.717, 1.165) is 17.9 Å². The first-order valence-corrected chi connectivity index (χ1v) is 5.75. The van der Waals surface area contributed by atoms with Gasteiger partial charge in [-0.1, -0.05) is 29.5 Å². The smallest absolute Gasteiger partial charge is 0.100 e. The number of aromatic nitrogens is 3. The molecule has 0 saturated carbocycles. The Kier molecular flexibility index (Phi) is 3.25. The van der Waals surface area contributed by atoms with Gasteiger partial charge in [-0.25, -0.2) is 4.68 Å². The Bertz CT molecular complexity index is 491. The Morgan fingerprint density at radius 2 is 2.00 bits per heavy atom. The van der Waals surface area contributed by atoms with Crippen molar-refractivity contribution in [3.05, 3.63) is 46.8 Å². The fraction of sp³-hybridized carbons (Fsp3) is 0.333. The molecule has 0 aliphatic heterocycles. The molecule has 1 aromatic heterocycles. The third-order valence-corrected chi connectivity index (χ3v) is 3.04. The molecule has 3 nitrogen and oxygen atoms in total. The zero-order chi connectivity index (χ0) is 11.5. The van der Waals surface area contributed by atoms with Crippen LogP contribution in [-0.4, -0.2) is 15.0 Å². The van der Waals surface area contributed by atoms with Gasteiger partial charge in [-0.2, -0.15) is 0 Å². The fourth-order valence-electron chi connectivity index (χ4n) is 1.62. The number of alkyl halides is 1. The molecule has 0 saturated heterocycles. The monoisotopic (exact) mass is 235 g/mol. The van der Waals surface area contributed by atoms with E-state index in [9.17, 15) is 0 Å². The second-order valence-electron chi connectivity index (χ2n) is 3.84. The third-order valence-electron chi connectivity index (χ3n) is 2.79. The number of benzene rings is 1. The molecule has 1 aromatic carbocycles. The molecule has 0 spiro atoms. The molecule has 0 unspecified atom stereocenters. The van der Waals surface area contributed by atoms with Crippen molar-refractivity contribution >= 4 is 11.6 Å². The molecule has 2 aromatic rings. The summed E-state index contributed by atoms with van der Waals surface area (Å²) in [7, 11) is 0. The van der Waals surface area contributed by atoms with Gasteiger partial charge in [0.2, 0.25) is 0 Å². The van der Waals surface area contributed by atoms with Gasteiger partial charge in [0.25, 0.3) is 0 Å². The normalized spacial score (nSPS) is 10.7. The van der Waals surface area contributed by atoms with Crippen LogP contribution in [0.4, 0.5) is 0 Å². The molecule has 0 N–H and O–H groups in total. The first kappa shape index (κ1) is 11.1. The summed E-state index contributed by atoms with van der Waals surface area (Å²) in [6, 6.07) is 8.29. The van der Waals surface area contributed by atoms with E-state index in [1.807, 2.05) is 23.7 Å². The number of nitrogens with zero attached hydrogens (tertiary/aromatic N) is 3. The lowest BCUT2D eigenvalue weighted by Gasteiger charge is -2.06. The molecule has 0 atom stereocenters. The van der Waals surface area contributed by atoms with Gasteiger partial charge in [0.05, 0.1) is 18.1 Å². The van der Waals surface area contributed by atoms with Gasteiger partial charge < -0.3 is 0 Å². The van der Waals surface area contributed by atoms with Crippen LogP contribution in [0.3, 0.4) is 0 Å². The molecular formula is C12H14ClN3. The van der Waals surface area contributed by atoms with Crippen LogP contribution >= 0.6 is 11.6 Å². The van der Waals surface area contributed by atoms with Gasteiger partial charge in [-0.3, -0.25) is 0 Å². The van der Waals surface area contributed by atoms with Crippen LogP contribution in [0.1, 0.15) is 22.5 Å². The zero-order valence-corrected chi connectivity index (χ0v) is 10.2. The fourth-order valence-corrected chi connectivity index (χ4v) is 1.87. The van der Waals surface area contributed by atoms with Crippen LogP contribution in [0.2, 0.25) is 0 Å². The highest BCUT2D eigenvalue weighted by molar-refractivity contribution is 6.16. The molecule has 4 heteroatoms. The van der Waals surface area contributed by atoms with E-state index in [1.165, 1.54) is 11.1 Å². The second kappa shape index (κ2) is 4.66. The average Bonchev–Trinajstić information content (AvgIpc) is 2.63. The van der Waals surface area contributed by atoms with E-state index < -0.39 is 0 Å². The highest BCUT2D eigenvalue weighted by atomic mass is 35.5. The second-order valence-corrected chi connectivity index (χ2v) is 4.11. The number of hydrogen-bond donors (Lipinski definition) is 0. The summed E-state index contributed by atoms with van der Waals surface area (Å²) in [6.45, 7) is 4.85. The van der Waals surface area contributed by atoms with Crippen molar-refractivity contribution in [3.63, 3.8) is 0 Å². The molecule has 16 heavy (non-hydrogen) atoms. The molecule has 1 heterocycles. The standard InChI is InChI=1S/C12H14ClN3/c1-9-5-3-4-6-11(9)8-16-10(2)12(7-13)14-15-16/h3-6H,7-8H2,1-2H3. The SMILES string of the molecule is Cc1ccccc1Cn1nnc(CCl)c1C. The van der Waals surface area contributed by atoms with Gasteiger partial charge in [-0.15, -0.1) is 16.7 Å². The van der Waals surface area contributed by atoms with Gasteiger partial charge >= 0.3 is 0 Å². The molecule has 0 radical (unpaired) electrons. The Morgan fingerprint density at radius 3 is 2.62 bits per heavy atom. The first-order chi connectivity index (χ1) is 7.72. The molecule has 2 rings (SSSR count). The topological polar surface area (TPSA) is 30.7 Å². The lowest BCUT2D eigenvalue weighted by molar-refractivity contribution is 0.631. The number of hydrogen-bond acceptors (Lipinski definition) is 2. The summed E-state index contributed by atoms with van der Waals surface area (Å²) in [5, 5.41) is 8.15. The molecule has 0 aliphatic rings. The summed E-state index contributed by atoms with van der Waals surface area (Å²) in [5.74, 6) is 0.416. The summed E-state index contributed by atoms with van der Waals surface area (Å²) >= 11 is 5.76. The Balaban J connectivity index is 2.27. The van der Waals surface area contributed by atoms with Crippen molar-refractivity contribution in [1.29, 1.82) is 0 Å². The minimum Gasteiger partial charge on any atom is -0.245 e. The molecule has 0 aliphatic carbocycles. The highest BCUT2D eigenvalue weighted by Crippen LogP contribution is 2.12. The maximum absolute atomic E-state index is 5.76. The van der Waals surface area contributed by atoms with Crippen LogP contribution in [0.15, 0.2) is 24.3 Å². The molecule has 0 amide bonds. The van der Waals surface area contributed by atoms with Gasteiger partial charge in [0.1, 0.15) is 5.69 Å². The quantitative estimate of drug-likeness (QED) is 0.766. The predicted molar refractivity (Wildman–Crippen MR) is 64.6 cm³/mol. The summed E-state index contributed by atoms with van der Waals surface area (Å²) < 4.78 is 1.89. The van der Waals surface area contributed by atoms with Crippen molar-refractivity contribution in [2.24, 2.45) is 0 Å². The zero-order valence-electron chi connectivity index (χ0n) is 9.44. The molecule has 84 valence electrons. The first-order valence-electron chi connectivity index (χ1n) is 5.22. The van der Waals surface area contributed by atoms with Crippen molar-refractivity contribution in [1.82, 2.24) is 15.0 Å². The van der Waals surface area contributed by atoms with Crippen LogP contribution in [0.5, 0.6) is 0 Å². The number of aryl methyl sites for hydroxylation is 1. The third kappa shape index (κ3) is 2.09. The van der Waals surface area contributed by atoms with Crippen molar-refractivity contribution in [3.8, 4) is 0 Å². The van der Waals surface area contributed by atoms with Gasteiger partial charge in [-0.05, 0) is 25.0 Å². The predicted octanol–water partition coefficient (Wildman–Crippen LogP) is 2.68. The minimum atomic E-state index is 0.416. The Hall–Kier alpha value is -1.35. The maximum atomic E-state index is 5.76. The average molecular weight is 236 g/mol. The number of rotatable bonds is 3. The van der Waals surface area contributed by atoms with E-state index >= 15 is 0 Å². The van der Waals surface area contributed by atoms with E-state index in [4.69, 9.17) is 11.6 Å². The van der Waals surface area contributed by atoms with E-state index in [-0.39, 0.29) is 0 Å². The highest BCUT2D eigenvalue weighted by Gasteiger charge is 2.08. The Morgan fingerprint density at radius 1 is 1.25 bits per heavy atom. The largest absolute Gasteiger partial charge is 0.245 e.